The first-order chi connectivity index (χ1) is 14.8. The summed E-state index contributed by atoms with van der Waals surface area (Å²) in [6, 6.07) is 23.4. The molecule has 0 spiro atoms. The van der Waals surface area contributed by atoms with E-state index in [1.807, 2.05) is 24.3 Å². The van der Waals surface area contributed by atoms with Crippen molar-refractivity contribution in [1.82, 2.24) is 4.72 Å². The minimum absolute atomic E-state index is 0.0906. The maximum atomic E-state index is 12.9. The molecular weight excluding hydrogens is 531 g/mol. The number of hydrogen-bond donors (Lipinski definition) is 3. The van der Waals surface area contributed by atoms with Crippen LogP contribution in [0.25, 0.3) is 0 Å². The second-order valence-corrected chi connectivity index (χ2v) is 12.1. The van der Waals surface area contributed by atoms with Gasteiger partial charge in [0.05, 0.1) is 0 Å². The molecule has 1 saturated heterocycles. The zero-order valence-electron chi connectivity index (χ0n) is 16.0. The van der Waals surface area contributed by atoms with E-state index in [2.05, 4.69) is 10.0 Å². The maximum absolute atomic E-state index is 12.9. The number of carboxylic acid groups (broad SMARTS) is 1. The van der Waals surface area contributed by atoms with E-state index in [0.29, 0.717) is 5.69 Å². The van der Waals surface area contributed by atoms with Crippen LogP contribution in [0.1, 0.15) is 19.8 Å². The predicted octanol–water partition coefficient (Wildman–Crippen LogP) is -0.158. The van der Waals surface area contributed by atoms with Crippen molar-refractivity contribution in [2.24, 2.45) is 0 Å². The fourth-order valence-corrected chi connectivity index (χ4v) is 8.43. The van der Waals surface area contributed by atoms with Gasteiger partial charge in [-0.15, -0.1) is 0 Å². The van der Waals surface area contributed by atoms with Crippen LogP contribution in [0.4, 0.5) is 5.69 Å². The third-order valence-electron chi connectivity index (χ3n) is 4.73. The van der Waals surface area contributed by atoms with Crippen LogP contribution in [0.15, 0.2) is 89.8 Å². The van der Waals surface area contributed by atoms with Crippen LogP contribution in [-0.2, 0) is 14.8 Å². The predicted molar refractivity (Wildman–Crippen MR) is 111 cm³/mol. The Morgan fingerprint density at radius 1 is 0.871 bits per heavy atom. The molecule has 4 rings (SSSR count). The molecule has 31 heavy (non-hydrogen) atoms. The van der Waals surface area contributed by atoms with Crippen LogP contribution >= 0.6 is 0 Å². The Bertz CT molecular complexity index is 1220. The first-order valence-electron chi connectivity index (χ1n) is 9.25. The van der Waals surface area contributed by atoms with Gasteiger partial charge >= 0.3 is 184 Å². The number of nitrogens with one attached hydrogen (secondary N) is 2. The van der Waals surface area contributed by atoms with Gasteiger partial charge < -0.3 is 0 Å². The van der Waals surface area contributed by atoms with E-state index < -0.39 is 40.7 Å². The molecule has 0 unspecified atom stereocenters. The average Bonchev–Trinajstić information content (AvgIpc) is 3.50. The van der Waals surface area contributed by atoms with Crippen LogP contribution in [0.3, 0.4) is 0 Å². The second kappa shape index (κ2) is 8.40. The van der Waals surface area contributed by atoms with Gasteiger partial charge in [-0.1, -0.05) is 6.07 Å². The molecule has 2 atom stereocenters. The van der Waals surface area contributed by atoms with Crippen molar-refractivity contribution < 1.29 is 44.3 Å². The molecule has 0 saturated carbocycles. The molecule has 1 aliphatic heterocycles. The molecule has 1 amide bonds. The van der Waals surface area contributed by atoms with Crippen molar-refractivity contribution in [2.45, 2.75) is 12.4 Å². The summed E-state index contributed by atoms with van der Waals surface area (Å²) in [7, 11) is -4.08. The number of aliphatic carboxylic acids is 1. The fraction of sp³-hybridized carbons (Fsp3) is 0.0909. The standard InChI is InChI=1S/C22H18IN2O5S/c26-20(24-17-9-5-2-6-10-17)16-11-13-18(14-12-16)31(29,30)25-22(21(27)28)19(23-22)15-7-3-1-4-8-15/h1-14,19,25H,(H,24,26)(H,27,28)/q-1/t19-,22+/m1/s1. The second-order valence-electron chi connectivity index (χ2n) is 6.85. The quantitative estimate of drug-likeness (QED) is 0.216. The Morgan fingerprint density at radius 2 is 1.45 bits per heavy atom. The molecule has 1 aliphatic rings. The first-order valence-corrected chi connectivity index (χ1v) is 13.1. The van der Waals surface area contributed by atoms with Crippen molar-refractivity contribution in [3.8, 4) is 0 Å². The van der Waals surface area contributed by atoms with E-state index in [1.54, 1.807) is 36.4 Å². The summed E-state index contributed by atoms with van der Waals surface area (Å²) in [5.74, 6) is -1.54. The molecule has 0 bridgehead atoms. The van der Waals surface area contributed by atoms with Crippen LogP contribution in [0.2, 0.25) is 0 Å². The van der Waals surface area contributed by atoms with Crippen molar-refractivity contribution in [3.05, 3.63) is 96.1 Å². The summed E-state index contributed by atoms with van der Waals surface area (Å²) in [4.78, 5) is 24.2. The number of hydrogen-bond acceptors (Lipinski definition) is 4. The van der Waals surface area contributed by atoms with E-state index >= 15 is 0 Å². The molecule has 0 aromatic heterocycles. The molecular formula is C22H18IN2O5S-. The Balaban J connectivity index is 1.51. The van der Waals surface area contributed by atoms with Crippen LogP contribution in [0, 0.1) is 0 Å². The van der Waals surface area contributed by atoms with Gasteiger partial charge in [-0.3, -0.25) is 0 Å². The molecule has 3 aromatic rings. The van der Waals surface area contributed by atoms with Gasteiger partial charge in [0.15, 0.2) is 0 Å². The first kappa shape index (κ1) is 21.5. The van der Waals surface area contributed by atoms with E-state index in [0.717, 1.165) is 5.56 Å². The number of carbonyl (C=O) groups excluding carboxylic acids is 1. The number of rotatable bonds is 7. The van der Waals surface area contributed by atoms with Crippen LogP contribution < -0.4 is 31.2 Å². The number of para-hydroxylation sites is 1. The fourth-order valence-electron chi connectivity index (χ4n) is 3.09. The van der Waals surface area contributed by atoms with Crippen molar-refractivity contribution in [2.75, 3.05) is 5.32 Å². The molecule has 0 aliphatic carbocycles. The number of alkyl halides is 2. The molecule has 3 N–H and O–H groups in total. The zero-order valence-corrected chi connectivity index (χ0v) is 19.0. The van der Waals surface area contributed by atoms with Gasteiger partial charge in [0.25, 0.3) is 0 Å². The Labute approximate surface area is 189 Å². The van der Waals surface area contributed by atoms with E-state index in [4.69, 9.17) is 0 Å². The summed E-state index contributed by atoms with van der Waals surface area (Å²) in [6.07, 6.45) is 0. The minimum atomic E-state index is -4.08. The number of carbonyl (C=O) groups is 2. The molecule has 3 aromatic carbocycles. The SMILES string of the molecule is O=C(Nc1ccccc1)c1ccc(S(=O)(=O)N[C@@]2(C(=O)O)[I-][C@@H]2c2ccccc2)cc1. The van der Waals surface area contributed by atoms with Crippen molar-refractivity contribution in [3.63, 3.8) is 0 Å². The number of sulfonamides is 1. The Hall–Kier alpha value is -2.76. The van der Waals surface area contributed by atoms with E-state index in [-0.39, 0.29) is 20.3 Å². The third kappa shape index (κ3) is 4.48. The average molecular weight is 549 g/mol. The summed E-state index contributed by atoms with van der Waals surface area (Å²) in [5, 5.41) is 12.5. The molecule has 7 nitrogen and oxygen atoms in total. The normalized spacial score (nSPS) is 20.3. The molecule has 0 radical (unpaired) electrons. The molecule has 160 valence electrons. The van der Waals surface area contributed by atoms with Gasteiger partial charge in [0, 0.05) is 0 Å². The zero-order chi connectivity index (χ0) is 22.1. The number of anilines is 1. The van der Waals surface area contributed by atoms with Gasteiger partial charge in [0.2, 0.25) is 0 Å². The van der Waals surface area contributed by atoms with Crippen molar-refractivity contribution in [1.29, 1.82) is 0 Å². The monoisotopic (exact) mass is 549 g/mol. The van der Waals surface area contributed by atoms with Gasteiger partial charge in [-0.05, 0) is 0 Å². The topological polar surface area (TPSA) is 113 Å². The Morgan fingerprint density at radius 3 is 2.03 bits per heavy atom. The van der Waals surface area contributed by atoms with E-state index in [1.165, 1.54) is 24.3 Å². The number of carboxylic acids is 1. The van der Waals surface area contributed by atoms with Crippen LogP contribution in [0.5, 0.6) is 0 Å². The van der Waals surface area contributed by atoms with E-state index in [9.17, 15) is 23.1 Å². The molecule has 9 heteroatoms. The Kier molecular flexibility index (Phi) is 5.82. The summed E-state index contributed by atoms with van der Waals surface area (Å²) in [5.41, 5.74) is 1.73. The molecule has 1 heterocycles. The van der Waals surface area contributed by atoms with Crippen LogP contribution in [-0.4, -0.2) is 28.9 Å². The van der Waals surface area contributed by atoms with Gasteiger partial charge in [0.1, 0.15) is 0 Å². The van der Waals surface area contributed by atoms with Crippen molar-refractivity contribution >= 4 is 27.6 Å². The summed E-state index contributed by atoms with van der Waals surface area (Å²) >= 11 is -0.955. The van der Waals surface area contributed by atoms with Gasteiger partial charge in [-0.2, -0.15) is 0 Å². The third-order valence-corrected chi connectivity index (χ3v) is 10.5. The number of amides is 1. The summed E-state index contributed by atoms with van der Waals surface area (Å²) < 4.78 is 26.4. The van der Waals surface area contributed by atoms with Gasteiger partial charge in [-0.25, -0.2) is 0 Å². The summed E-state index contributed by atoms with van der Waals surface area (Å²) in [6.45, 7) is 0. The number of halogens is 1. The molecule has 1 fully saturated rings. The number of benzene rings is 3.